The lowest BCUT2D eigenvalue weighted by atomic mass is 9.76. The smallest absolute Gasteiger partial charge is 0.389 e. The Balaban J connectivity index is 1.75. The highest BCUT2D eigenvalue weighted by atomic mass is 19.4. The van der Waals surface area contributed by atoms with Crippen LogP contribution in [0.3, 0.4) is 0 Å². The molecule has 1 fully saturated rings. The van der Waals surface area contributed by atoms with Gasteiger partial charge in [0.1, 0.15) is 37.9 Å². The number of hydrogen-bond acceptors (Lipinski definition) is 8. The second kappa shape index (κ2) is 17.8. The summed E-state index contributed by atoms with van der Waals surface area (Å²) >= 11 is 0. The molecule has 2 aromatic carbocycles. The number of halogens is 3. The molecule has 1 aliphatic carbocycles. The van der Waals surface area contributed by atoms with Gasteiger partial charge in [0, 0.05) is 12.5 Å². The van der Waals surface area contributed by atoms with Gasteiger partial charge in [-0.3, -0.25) is 0 Å². The molecule has 0 unspecified atom stereocenters. The normalized spacial score (nSPS) is 16.4. The van der Waals surface area contributed by atoms with Crippen LogP contribution in [0.5, 0.6) is 11.5 Å². The van der Waals surface area contributed by atoms with Gasteiger partial charge in [-0.2, -0.15) is 13.2 Å². The van der Waals surface area contributed by atoms with E-state index in [-0.39, 0.29) is 49.9 Å². The van der Waals surface area contributed by atoms with Crippen molar-refractivity contribution in [3.05, 3.63) is 71.8 Å². The van der Waals surface area contributed by atoms with Crippen molar-refractivity contribution >= 4 is 11.9 Å². The zero-order valence-electron chi connectivity index (χ0n) is 26.2. The minimum atomic E-state index is -4.11. The molecule has 0 aromatic heterocycles. The quantitative estimate of drug-likeness (QED) is 0.114. The van der Waals surface area contributed by atoms with Crippen molar-refractivity contribution in [2.45, 2.75) is 64.0 Å². The van der Waals surface area contributed by atoms with Gasteiger partial charge in [-0.25, -0.2) is 9.59 Å². The average Bonchev–Trinajstić information content (AvgIpc) is 3.06. The lowest BCUT2D eigenvalue weighted by molar-refractivity contribution is -0.141. The number of ether oxygens (including phenoxy) is 4. The van der Waals surface area contributed by atoms with Crippen LogP contribution in [0.15, 0.2) is 60.7 Å². The molecule has 1 aliphatic rings. The lowest BCUT2D eigenvalue weighted by Gasteiger charge is -2.29. The van der Waals surface area contributed by atoms with E-state index in [1.165, 1.54) is 5.56 Å². The van der Waals surface area contributed by atoms with Crippen molar-refractivity contribution in [2.75, 3.05) is 39.6 Å². The van der Waals surface area contributed by atoms with E-state index < -0.39 is 37.7 Å². The monoisotopic (exact) mass is 648 g/mol. The number of aryl methyl sites for hydroxylation is 1. The molecule has 0 amide bonds. The molecule has 0 atom stereocenters. The van der Waals surface area contributed by atoms with Gasteiger partial charge >= 0.3 is 18.1 Å². The van der Waals surface area contributed by atoms with Crippen LogP contribution in [0.1, 0.15) is 62.5 Å². The van der Waals surface area contributed by atoms with Crippen molar-refractivity contribution < 1.29 is 51.9 Å². The Hall–Kier alpha value is -3.83. The van der Waals surface area contributed by atoms with E-state index in [1.807, 2.05) is 18.2 Å². The molecule has 252 valence electrons. The second-order valence-corrected chi connectivity index (χ2v) is 11.3. The van der Waals surface area contributed by atoms with Crippen LogP contribution >= 0.6 is 0 Å². The van der Waals surface area contributed by atoms with Crippen molar-refractivity contribution in [1.82, 2.24) is 0 Å². The van der Waals surface area contributed by atoms with Gasteiger partial charge in [-0.15, -0.1) is 0 Å². The number of carbonyl (C=O) groups excluding carboxylic acids is 2. The summed E-state index contributed by atoms with van der Waals surface area (Å²) in [7, 11) is 0. The number of alkyl halides is 3. The first-order valence-electron chi connectivity index (χ1n) is 15.5. The standard InChI is InChI=1S/C35H43F3O8/c1-4-26-17-28(27-7-5-25(6-8-27)11-12-35(36,37)38)9-10-32(26)29-18-30(43-13-15-45-33(41)23(2)21-39)20-31(19-29)44-14-16-46-34(42)24(3)22-40/h9-10,17-20,25,27,39-40H,2-8,11-16,21-22H2,1H3. The highest BCUT2D eigenvalue weighted by molar-refractivity contribution is 5.88. The summed E-state index contributed by atoms with van der Waals surface area (Å²) in [4.78, 5) is 23.5. The predicted molar refractivity (Wildman–Crippen MR) is 167 cm³/mol. The van der Waals surface area contributed by atoms with E-state index in [9.17, 15) is 22.8 Å². The Morgan fingerprint density at radius 3 is 1.85 bits per heavy atom. The van der Waals surface area contributed by atoms with E-state index >= 15 is 0 Å². The number of benzene rings is 2. The molecule has 3 rings (SSSR count). The fraction of sp³-hybridized carbons (Fsp3) is 0.486. The summed E-state index contributed by atoms with van der Waals surface area (Å²) in [5.74, 6) is -0.145. The summed E-state index contributed by atoms with van der Waals surface area (Å²) in [6, 6.07) is 11.6. The minimum absolute atomic E-state index is 0.0272. The largest absolute Gasteiger partial charge is 0.490 e. The van der Waals surface area contributed by atoms with Gasteiger partial charge in [0.15, 0.2) is 0 Å². The Labute approximate surface area is 267 Å². The zero-order chi connectivity index (χ0) is 33.7. The minimum Gasteiger partial charge on any atom is -0.490 e. The first-order chi connectivity index (χ1) is 21.9. The third kappa shape index (κ3) is 11.5. The van der Waals surface area contributed by atoms with E-state index in [0.29, 0.717) is 17.4 Å². The molecule has 46 heavy (non-hydrogen) atoms. The molecule has 0 bridgehead atoms. The number of esters is 2. The van der Waals surface area contributed by atoms with Crippen molar-refractivity contribution in [3.8, 4) is 22.6 Å². The Kier molecular flexibility index (Phi) is 14.1. The molecule has 8 nitrogen and oxygen atoms in total. The maximum Gasteiger partial charge on any atom is 0.389 e. The van der Waals surface area contributed by atoms with Gasteiger partial charge in [0.25, 0.3) is 0 Å². The van der Waals surface area contributed by atoms with Crippen LogP contribution in [-0.4, -0.2) is 68.0 Å². The molecular formula is C35H43F3O8. The number of hydrogen-bond donors (Lipinski definition) is 2. The summed E-state index contributed by atoms with van der Waals surface area (Å²) in [6.07, 6.45) is -0.604. The molecule has 0 saturated heterocycles. The van der Waals surface area contributed by atoms with Gasteiger partial charge in [-0.05, 0) is 84.7 Å². The summed E-state index contributed by atoms with van der Waals surface area (Å²) in [5, 5.41) is 18.1. The number of rotatable bonds is 17. The van der Waals surface area contributed by atoms with Crippen molar-refractivity contribution in [2.24, 2.45) is 5.92 Å². The Morgan fingerprint density at radius 2 is 1.37 bits per heavy atom. The Bertz CT molecular complexity index is 1290. The summed E-state index contributed by atoms with van der Waals surface area (Å²) in [5.41, 5.74) is 3.90. The highest BCUT2D eigenvalue weighted by Gasteiger charge is 2.30. The SMILES string of the molecule is C=C(CO)C(=O)OCCOc1cc(OCCOC(=O)C(=C)CO)cc(-c2ccc(C3CCC(CCC(F)(F)F)CC3)cc2CC)c1. The van der Waals surface area contributed by atoms with E-state index in [4.69, 9.17) is 29.2 Å². The van der Waals surface area contributed by atoms with Crippen LogP contribution < -0.4 is 9.47 Å². The molecular weight excluding hydrogens is 605 g/mol. The molecule has 1 saturated carbocycles. The second-order valence-electron chi connectivity index (χ2n) is 11.3. The molecule has 0 radical (unpaired) electrons. The number of aliphatic hydroxyl groups is 2. The summed E-state index contributed by atoms with van der Waals surface area (Å²) < 4.78 is 59.9. The van der Waals surface area contributed by atoms with Crippen molar-refractivity contribution in [3.63, 3.8) is 0 Å². The maximum absolute atomic E-state index is 12.7. The Morgan fingerprint density at radius 1 is 0.826 bits per heavy atom. The first kappa shape index (κ1) is 36.6. The maximum atomic E-state index is 12.7. The van der Waals surface area contributed by atoms with E-state index in [1.54, 1.807) is 6.07 Å². The molecule has 11 heteroatoms. The fourth-order valence-electron chi connectivity index (χ4n) is 5.41. The van der Waals surface area contributed by atoms with Gasteiger partial charge in [0.2, 0.25) is 0 Å². The van der Waals surface area contributed by atoms with Gasteiger partial charge in [-0.1, -0.05) is 38.3 Å². The zero-order valence-corrected chi connectivity index (χ0v) is 26.2. The molecule has 2 aromatic rings. The first-order valence-corrected chi connectivity index (χ1v) is 15.5. The van der Waals surface area contributed by atoms with Gasteiger partial charge < -0.3 is 29.2 Å². The third-order valence-corrected chi connectivity index (χ3v) is 7.98. The molecule has 0 aliphatic heterocycles. The van der Waals surface area contributed by atoms with Crippen LogP contribution in [0.25, 0.3) is 11.1 Å². The van der Waals surface area contributed by atoms with Crippen LogP contribution in [0, 0.1) is 5.92 Å². The van der Waals surface area contributed by atoms with Crippen LogP contribution in [0.4, 0.5) is 13.2 Å². The highest BCUT2D eigenvalue weighted by Crippen LogP contribution is 2.41. The van der Waals surface area contributed by atoms with Crippen LogP contribution in [0.2, 0.25) is 0 Å². The third-order valence-electron chi connectivity index (χ3n) is 7.98. The molecule has 2 N–H and O–H groups in total. The van der Waals surface area contributed by atoms with Crippen LogP contribution in [-0.2, 0) is 25.5 Å². The fourth-order valence-corrected chi connectivity index (χ4v) is 5.41. The van der Waals surface area contributed by atoms with Crippen molar-refractivity contribution in [1.29, 1.82) is 0 Å². The number of carbonyl (C=O) groups is 2. The molecule has 0 heterocycles. The lowest BCUT2D eigenvalue weighted by Crippen LogP contribution is -2.16. The molecule has 0 spiro atoms. The topological polar surface area (TPSA) is 112 Å². The van der Waals surface area contributed by atoms with E-state index in [0.717, 1.165) is 48.8 Å². The predicted octanol–water partition coefficient (Wildman–Crippen LogP) is 6.47. The average molecular weight is 649 g/mol. The van der Waals surface area contributed by atoms with Gasteiger partial charge in [0.05, 0.1) is 24.4 Å². The van der Waals surface area contributed by atoms with E-state index in [2.05, 4.69) is 32.2 Å². The number of aliphatic hydroxyl groups excluding tert-OH is 2. The summed E-state index contributed by atoms with van der Waals surface area (Å²) in [6.45, 7) is 7.81.